The Morgan fingerprint density at radius 2 is 2.18 bits per heavy atom. The Morgan fingerprint density at radius 3 is 2.82 bits per heavy atom. The molecule has 0 aliphatic heterocycles. The molecule has 0 aliphatic rings. The quantitative estimate of drug-likeness (QED) is 0.600. The van der Waals surface area contributed by atoms with Crippen LogP contribution in [0.15, 0.2) is 47.9 Å². The van der Waals surface area contributed by atoms with Gasteiger partial charge in [0.25, 0.3) is 0 Å². The summed E-state index contributed by atoms with van der Waals surface area (Å²) in [5.41, 5.74) is 0. The molecule has 0 radical (unpaired) electrons. The van der Waals surface area contributed by atoms with Crippen LogP contribution < -0.4 is 10.1 Å². The van der Waals surface area contributed by atoms with E-state index in [4.69, 9.17) is 4.74 Å². The summed E-state index contributed by atoms with van der Waals surface area (Å²) in [6.45, 7) is 3.45. The van der Waals surface area contributed by atoms with Gasteiger partial charge in [0.15, 0.2) is 0 Å². The number of nitrogens with one attached hydrogen (secondary N) is 1. The van der Waals surface area contributed by atoms with E-state index in [0.29, 0.717) is 6.54 Å². The van der Waals surface area contributed by atoms with Crippen molar-refractivity contribution in [3.63, 3.8) is 0 Å². The largest absolute Gasteiger partial charge is 0.497 e. The zero-order valence-corrected chi connectivity index (χ0v) is 13.7. The minimum Gasteiger partial charge on any atom is -0.497 e. The van der Waals surface area contributed by atoms with Crippen molar-refractivity contribution in [1.29, 1.82) is 0 Å². The summed E-state index contributed by atoms with van der Waals surface area (Å²) in [7, 11) is 1.64. The van der Waals surface area contributed by atoms with Crippen LogP contribution in [0, 0.1) is 0 Å². The molecule has 5 nitrogen and oxygen atoms in total. The third-order valence-corrected chi connectivity index (χ3v) is 4.30. The number of hydrogen-bond donors (Lipinski definition) is 1. The Balaban J connectivity index is 1.69. The van der Waals surface area contributed by atoms with Gasteiger partial charge in [-0.15, -0.1) is 11.8 Å². The van der Waals surface area contributed by atoms with E-state index in [1.54, 1.807) is 31.4 Å². The maximum absolute atomic E-state index is 12.1. The van der Waals surface area contributed by atoms with E-state index in [0.717, 1.165) is 23.6 Å². The highest BCUT2D eigenvalue weighted by Gasteiger charge is 2.13. The maximum atomic E-state index is 12.1. The number of carbonyl (C=O) groups is 1. The van der Waals surface area contributed by atoms with Gasteiger partial charge in [-0.1, -0.05) is 0 Å². The van der Waals surface area contributed by atoms with Crippen LogP contribution in [0.2, 0.25) is 0 Å². The van der Waals surface area contributed by atoms with Crippen molar-refractivity contribution in [2.75, 3.05) is 13.7 Å². The zero-order valence-electron chi connectivity index (χ0n) is 12.9. The van der Waals surface area contributed by atoms with Crippen LogP contribution >= 0.6 is 11.8 Å². The van der Waals surface area contributed by atoms with E-state index in [2.05, 4.69) is 10.3 Å². The third-order valence-electron chi connectivity index (χ3n) is 3.19. The Bertz CT molecular complexity index is 570. The van der Waals surface area contributed by atoms with Crippen LogP contribution in [0.25, 0.3) is 0 Å². The first-order valence-electron chi connectivity index (χ1n) is 7.23. The van der Waals surface area contributed by atoms with E-state index >= 15 is 0 Å². The van der Waals surface area contributed by atoms with Crippen molar-refractivity contribution in [2.24, 2.45) is 0 Å². The van der Waals surface area contributed by atoms with Gasteiger partial charge in [-0.05, 0) is 37.6 Å². The van der Waals surface area contributed by atoms with E-state index in [9.17, 15) is 4.79 Å². The number of imidazole rings is 1. The van der Waals surface area contributed by atoms with Crippen molar-refractivity contribution >= 4 is 17.7 Å². The van der Waals surface area contributed by atoms with Gasteiger partial charge in [0.2, 0.25) is 5.91 Å². The summed E-state index contributed by atoms with van der Waals surface area (Å²) in [5, 5.41) is 2.85. The molecule has 1 N–H and O–H groups in total. The van der Waals surface area contributed by atoms with Crippen molar-refractivity contribution in [3.05, 3.63) is 43.0 Å². The van der Waals surface area contributed by atoms with E-state index in [1.165, 1.54) is 0 Å². The molecule has 1 aromatic carbocycles. The molecule has 1 aromatic heterocycles. The van der Waals surface area contributed by atoms with Gasteiger partial charge in [-0.25, -0.2) is 4.98 Å². The molecule has 0 spiro atoms. The van der Waals surface area contributed by atoms with Gasteiger partial charge < -0.3 is 14.6 Å². The number of methoxy groups -OCH3 is 1. The third kappa shape index (κ3) is 5.11. The molecular formula is C16H21N3O2S. The molecule has 0 unspecified atom stereocenters. The lowest BCUT2D eigenvalue weighted by molar-refractivity contribution is -0.120. The van der Waals surface area contributed by atoms with Crippen molar-refractivity contribution in [2.45, 2.75) is 30.0 Å². The Hall–Kier alpha value is -1.95. The van der Waals surface area contributed by atoms with E-state index in [-0.39, 0.29) is 11.2 Å². The second-order valence-corrected chi connectivity index (χ2v) is 6.29. The molecule has 2 rings (SSSR count). The van der Waals surface area contributed by atoms with Gasteiger partial charge >= 0.3 is 0 Å². The van der Waals surface area contributed by atoms with Gasteiger partial charge in [-0.2, -0.15) is 0 Å². The molecule has 0 aliphatic carbocycles. The number of amides is 1. The molecule has 1 amide bonds. The lowest BCUT2D eigenvalue weighted by Gasteiger charge is -2.12. The molecule has 118 valence electrons. The molecule has 2 aromatic rings. The van der Waals surface area contributed by atoms with Crippen LogP contribution in [0.1, 0.15) is 13.3 Å². The predicted octanol–water partition coefficient (Wildman–Crippen LogP) is 2.58. The van der Waals surface area contributed by atoms with E-state index in [1.807, 2.05) is 42.0 Å². The second kappa shape index (κ2) is 8.48. The number of carbonyl (C=O) groups excluding carboxylic acids is 1. The van der Waals surface area contributed by atoms with Gasteiger partial charge in [-0.3, -0.25) is 4.79 Å². The summed E-state index contributed by atoms with van der Waals surface area (Å²) in [6.07, 6.45) is 6.35. The number of rotatable bonds is 8. The fourth-order valence-corrected chi connectivity index (χ4v) is 2.84. The summed E-state index contributed by atoms with van der Waals surface area (Å²) in [4.78, 5) is 17.1. The number of benzene rings is 1. The number of nitrogens with zero attached hydrogens (tertiary/aromatic N) is 2. The summed E-state index contributed by atoms with van der Waals surface area (Å²) >= 11 is 1.54. The molecule has 1 heterocycles. The van der Waals surface area contributed by atoms with Crippen LogP contribution in [-0.2, 0) is 11.3 Å². The Morgan fingerprint density at radius 1 is 1.41 bits per heavy atom. The highest BCUT2D eigenvalue weighted by Crippen LogP contribution is 2.25. The van der Waals surface area contributed by atoms with Crippen LogP contribution in [0.3, 0.4) is 0 Å². The average molecular weight is 319 g/mol. The van der Waals surface area contributed by atoms with Crippen molar-refractivity contribution < 1.29 is 9.53 Å². The molecule has 0 bridgehead atoms. The standard InChI is InChI=1S/C16H21N3O2S/c1-13(22-15-6-4-14(21-2)5-7-15)16(20)18-8-3-10-19-11-9-17-12-19/h4-7,9,11-13H,3,8,10H2,1-2H3,(H,18,20)/t13-/m1/s1. The minimum absolute atomic E-state index is 0.0615. The first kappa shape index (κ1) is 16.4. The first-order valence-corrected chi connectivity index (χ1v) is 8.11. The van der Waals surface area contributed by atoms with Crippen LogP contribution in [0.5, 0.6) is 5.75 Å². The summed E-state index contributed by atoms with van der Waals surface area (Å²) in [6, 6.07) is 7.73. The van der Waals surface area contributed by atoms with Gasteiger partial charge in [0.05, 0.1) is 18.7 Å². The predicted molar refractivity (Wildman–Crippen MR) is 88.2 cm³/mol. The fraction of sp³-hybridized carbons (Fsp3) is 0.375. The maximum Gasteiger partial charge on any atom is 0.233 e. The van der Waals surface area contributed by atoms with Gasteiger partial charge in [0.1, 0.15) is 5.75 Å². The molecule has 1 atom stereocenters. The first-order chi connectivity index (χ1) is 10.7. The lowest BCUT2D eigenvalue weighted by atomic mass is 10.3. The normalized spacial score (nSPS) is 11.9. The highest BCUT2D eigenvalue weighted by molar-refractivity contribution is 8.00. The Labute approximate surface area is 135 Å². The van der Waals surface area contributed by atoms with E-state index < -0.39 is 0 Å². The van der Waals surface area contributed by atoms with Crippen molar-refractivity contribution in [1.82, 2.24) is 14.9 Å². The molecule has 0 saturated carbocycles. The number of thioether (sulfide) groups is 1. The smallest absolute Gasteiger partial charge is 0.233 e. The molecule has 0 fully saturated rings. The molecule has 6 heteroatoms. The van der Waals surface area contributed by atoms with Crippen molar-refractivity contribution in [3.8, 4) is 5.75 Å². The Kier molecular flexibility index (Phi) is 6.33. The SMILES string of the molecule is COc1ccc(S[C@H](C)C(=O)NCCCn2ccnc2)cc1. The summed E-state index contributed by atoms with van der Waals surface area (Å²) < 4.78 is 7.12. The topological polar surface area (TPSA) is 56.1 Å². The second-order valence-electron chi connectivity index (χ2n) is 4.88. The fourth-order valence-electron chi connectivity index (χ4n) is 1.95. The number of aryl methyl sites for hydroxylation is 1. The number of aromatic nitrogens is 2. The molecular weight excluding hydrogens is 298 g/mol. The molecule has 22 heavy (non-hydrogen) atoms. The summed E-state index contributed by atoms with van der Waals surface area (Å²) in [5.74, 6) is 0.882. The van der Waals surface area contributed by atoms with Crippen LogP contribution in [0.4, 0.5) is 0 Å². The number of hydrogen-bond acceptors (Lipinski definition) is 4. The highest BCUT2D eigenvalue weighted by atomic mass is 32.2. The number of ether oxygens (including phenoxy) is 1. The minimum atomic E-state index is -0.123. The van der Waals surface area contributed by atoms with Crippen LogP contribution in [-0.4, -0.2) is 34.4 Å². The molecule has 0 saturated heterocycles. The monoisotopic (exact) mass is 319 g/mol. The average Bonchev–Trinajstić information content (AvgIpc) is 3.05. The lowest BCUT2D eigenvalue weighted by Crippen LogP contribution is -2.32. The van der Waals surface area contributed by atoms with Gasteiger partial charge in [0, 0.05) is 30.4 Å². The zero-order chi connectivity index (χ0) is 15.8.